The second kappa shape index (κ2) is 6.70. The molecule has 1 amide bonds. The monoisotopic (exact) mass is 474 g/mol. The van der Waals surface area contributed by atoms with E-state index >= 15 is 0 Å². The van der Waals surface area contributed by atoms with E-state index in [2.05, 4.69) is 15.9 Å². The van der Waals surface area contributed by atoms with Crippen molar-refractivity contribution in [2.24, 2.45) is 11.1 Å². The summed E-state index contributed by atoms with van der Waals surface area (Å²) in [5.41, 5.74) is 5.36. The highest BCUT2D eigenvalue weighted by molar-refractivity contribution is 9.10. The molecule has 0 bridgehead atoms. The predicted molar refractivity (Wildman–Crippen MR) is 113 cm³/mol. The Kier molecular flexibility index (Phi) is 4.61. The normalized spacial score (nSPS) is 24.8. The highest BCUT2D eigenvalue weighted by Crippen LogP contribution is 2.57. The first-order chi connectivity index (χ1) is 14.0. The van der Waals surface area contributed by atoms with Gasteiger partial charge >= 0.3 is 5.97 Å². The standard InChI is InChI=1S/C22H23BrN2O5/c1-5-29-19(27)17-18(24)30-15-10-21(2,3)9-14(26)16(15)22(17)12-8-11(23)6-7-13(12)25(4)20(22)28/h6-8H,5,9-10,24H2,1-4H3/t22-/m0/s1. The number of amides is 1. The maximum Gasteiger partial charge on any atom is 0.341 e. The maximum absolute atomic E-state index is 13.8. The molecule has 0 unspecified atom stereocenters. The second-order valence-electron chi connectivity index (χ2n) is 8.58. The van der Waals surface area contributed by atoms with Crippen molar-refractivity contribution < 1.29 is 23.9 Å². The molecule has 0 saturated heterocycles. The van der Waals surface area contributed by atoms with Crippen LogP contribution in [0.3, 0.4) is 0 Å². The number of esters is 1. The molecule has 1 atom stereocenters. The van der Waals surface area contributed by atoms with Crippen LogP contribution in [0, 0.1) is 5.41 Å². The predicted octanol–water partition coefficient (Wildman–Crippen LogP) is 3.07. The fraction of sp³-hybridized carbons (Fsp3) is 0.409. The molecule has 7 nitrogen and oxygen atoms in total. The highest BCUT2D eigenvalue weighted by atomic mass is 79.9. The summed E-state index contributed by atoms with van der Waals surface area (Å²) in [6.07, 6.45) is 0.653. The van der Waals surface area contributed by atoms with Gasteiger partial charge in [-0.3, -0.25) is 9.59 Å². The molecule has 1 aliphatic carbocycles. The van der Waals surface area contributed by atoms with E-state index in [1.807, 2.05) is 13.8 Å². The van der Waals surface area contributed by atoms with Crippen LogP contribution < -0.4 is 10.6 Å². The van der Waals surface area contributed by atoms with Crippen LogP contribution in [0.5, 0.6) is 0 Å². The van der Waals surface area contributed by atoms with Crippen LogP contribution in [-0.4, -0.2) is 31.3 Å². The molecule has 2 aliphatic heterocycles. The van der Waals surface area contributed by atoms with Gasteiger partial charge in [0, 0.05) is 35.6 Å². The number of Topliss-reactive ketones (excluding diaryl/α,β-unsaturated/α-hetero) is 1. The van der Waals surface area contributed by atoms with E-state index in [1.54, 1.807) is 32.2 Å². The van der Waals surface area contributed by atoms with Crippen LogP contribution in [-0.2, 0) is 29.3 Å². The summed E-state index contributed by atoms with van der Waals surface area (Å²) in [4.78, 5) is 41.8. The van der Waals surface area contributed by atoms with Crippen molar-refractivity contribution in [3.8, 4) is 0 Å². The summed E-state index contributed by atoms with van der Waals surface area (Å²) >= 11 is 3.45. The molecule has 0 saturated carbocycles. The summed E-state index contributed by atoms with van der Waals surface area (Å²) in [6, 6.07) is 5.34. The molecule has 0 radical (unpaired) electrons. The van der Waals surface area contributed by atoms with Crippen LogP contribution >= 0.6 is 15.9 Å². The molecule has 0 aromatic heterocycles. The maximum atomic E-state index is 13.8. The Morgan fingerprint density at radius 1 is 1.30 bits per heavy atom. The quantitative estimate of drug-likeness (QED) is 0.661. The fourth-order valence-corrected chi connectivity index (χ4v) is 5.14. The molecular weight excluding hydrogens is 452 g/mol. The summed E-state index contributed by atoms with van der Waals surface area (Å²) in [5, 5.41) is 0. The zero-order valence-corrected chi connectivity index (χ0v) is 18.9. The fourth-order valence-electron chi connectivity index (χ4n) is 4.78. The summed E-state index contributed by atoms with van der Waals surface area (Å²) in [6.45, 7) is 5.67. The lowest BCUT2D eigenvalue weighted by Gasteiger charge is -2.42. The first-order valence-electron chi connectivity index (χ1n) is 9.74. The SMILES string of the molecule is CCOC(=O)C1=C(N)OC2=C(C(=O)CC(C)(C)C2)[C@]12C(=O)N(C)c1ccc(Br)cc12. The largest absolute Gasteiger partial charge is 0.462 e. The first-order valence-corrected chi connectivity index (χ1v) is 10.5. The highest BCUT2D eigenvalue weighted by Gasteiger charge is 2.64. The zero-order valence-electron chi connectivity index (χ0n) is 17.3. The molecule has 1 aromatic rings. The summed E-state index contributed by atoms with van der Waals surface area (Å²) in [7, 11) is 1.62. The van der Waals surface area contributed by atoms with Gasteiger partial charge in [0.1, 0.15) is 16.7 Å². The van der Waals surface area contributed by atoms with E-state index in [0.717, 1.165) is 0 Å². The van der Waals surface area contributed by atoms with Crippen molar-refractivity contribution in [3.05, 3.63) is 51.0 Å². The Hall–Kier alpha value is -2.61. The van der Waals surface area contributed by atoms with Gasteiger partial charge in [-0.15, -0.1) is 0 Å². The number of nitrogens with zero attached hydrogens (tertiary/aromatic N) is 1. The Morgan fingerprint density at radius 3 is 2.67 bits per heavy atom. The third-order valence-electron chi connectivity index (χ3n) is 5.89. The average Bonchev–Trinajstić information content (AvgIpc) is 2.83. The average molecular weight is 475 g/mol. The van der Waals surface area contributed by atoms with Crippen LogP contribution in [0.25, 0.3) is 0 Å². The second-order valence-corrected chi connectivity index (χ2v) is 9.49. The van der Waals surface area contributed by atoms with Crippen LogP contribution in [0.4, 0.5) is 5.69 Å². The molecule has 2 N–H and O–H groups in total. The Bertz CT molecular complexity index is 1070. The number of fused-ring (bicyclic) bond motifs is 3. The topological polar surface area (TPSA) is 98.9 Å². The van der Waals surface area contributed by atoms with E-state index in [-0.39, 0.29) is 41.3 Å². The number of halogens is 1. The van der Waals surface area contributed by atoms with E-state index in [0.29, 0.717) is 27.9 Å². The van der Waals surface area contributed by atoms with Crippen molar-refractivity contribution in [2.75, 3.05) is 18.6 Å². The van der Waals surface area contributed by atoms with Gasteiger partial charge in [-0.05, 0) is 30.5 Å². The van der Waals surface area contributed by atoms with Gasteiger partial charge in [-0.1, -0.05) is 29.8 Å². The smallest absolute Gasteiger partial charge is 0.341 e. The molecule has 3 aliphatic rings. The Morgan fingerprint density at radius 2 is 2.00 bits per heavy atom. The minimum atomic E-state index is -1.69. The van der Waals surface area contributed by atoms with Gasteiger partial charge in [0.15, 0.2) is 5.78 Å². The minimum absolute atomic E-state index is 0.0912. The Labute approximate surface area is 183 Å². The molecular formula is C22H23BrN2O5. The molecule has 30 heavy (non-hydrogen) atoms. The summed E-state index contributed by atoms with van der Waals surface area (Å²) < 4.78 is 11.8. The van der Waals surface area contributed by atoms with Gasteiger partial charge in [0.2, 0.25) is 11.8 Å². The van der Waals surface area contributed by atoms with Gasteiger partial charge in [-0.2, -0.15) is 0 Å². The zero-order chi connectivity index (χ0) is 22.0. The number of nitrogens with two attached hydrogens (primary N) is 1. The molecule has 8 heteroatoms. The van der Waals surface area contributed by atoms with E-state index in [1.165, 1.54) is 4.90 Å². The van der Waals surface area contributed by atoms with Crippen molar-refractivity contribution in [1.29, 1.82) is 0 Å². The molecule has 158 valence electrons. The third kappa shape index (κ3) is 2.66. The van der Waals surface area contributed by atoms with Crippen LogP contribution in [0.2, 0.25) is 0 Å². The Balaban J connectivity index is 2.11. The number of carbonyl (C=O) groups excluding carboxylic acids is 3. The molecule has 1 aromatic carbocycles. The molecule has 2 heterocycles. The van der Waals surface area contributed by atoms with Crippen molar-refractivity contribution >= 4 is 39.3 Å². The third-order valence-corrected chi connectivity index (χ3v) is 6.39. The lowest BCUT2D eigenvalue weighted by molar-refractivity contribution is -0.141. The van der Waals surface area contributed by atoms with E-state index in [9.17, 15) is 14.4 Å². The van der Waals surface area contributed by atoms with Crippen molar-refractivity contribution in [1.82, 2.24) is 0 Å². The number of rotatable bonds is 2. The van der Waals surface area contributed by atoms with Crippen molar-refractivity contribution in [2.45, 2.75) is 39.0 Å². The van der Waals surface area contributed by atoms with Crippen molar-refractivity contribution in [3.63, 3.8) is 0 Å². The molecule has 4 rings (SSSR count). The molecule has 0 fully saturated rings. The van der Waals surface area contributed by atoms with E-state index in [4.69, 9.17) is 15.2 Å². The number of hydrogen-bond acceptors (Lipinski definition) is 6. The number of allylic oxidation sites excluding steroid dienone is 1. The molecule has 1 spiro atoms. The van der Waals surface area contributed by atoms with Crippen LogP contribution in [0.1, 0.15) is 39.2 Å². The van der Waals surface area contributed by atoms with Gasteiger partial charge < -0.3 is 20.1 Å². The minimum Gasteiger partial charge on any atom is -0.462 e. The van der Waals surface area contributed by atoms with Crippen LogP contribution in [0.15, 0.2) is 45.5 Å². The first kappa shape index (κ1) is 20.7. The number of hydrogen-bond donors (Lipinski definition) is 1. The number of benzene rings is 1. The lowest BCUT2D eigenvalue weighted by Crippen LogP contribution is -2.51. The van der Waals surface area contributed by atoms with Gasteiger partial charge in [0.25, 0.3) is 0 Å². The number of carbonyl (C=O) groups is 3. The number of likely N-dealkylation sites (N-methyl/N-ethyl adjacent to an activating group) is 1. The lowest BCUT2D eigenvalue weighted by atomic mass is 9.62. The van der Waals surface area contributed by atoms with Gasteiger partial charge in [0.05, 0.1) is 12.2 Å². The number of ketones is 1. The number of ether oxygens (including phenoxy) is 2. The van der Waals surface area contributed by atoms with Gasteiger partial charge in [-0.25, -0.2) is 4.79 Å². The number of anilines is 1. The summed E-state index contributed by atoms with van der Waals surface area (Å²) in [5.74, 6) is -1.28. The van der Waals surface area contributed by atoms with E-state index < -0.39 is 17.3 Å².